The molecule has 28 heavy (non-hydrogen) atoms. The summed E-state index contributed by atoms with van der Waals surface area (Å²) in [7, 11) is 0. The van der Waals surface area contributed by atoms with Crippen LogP contribution in [0.2, 0.25) is 0 Å². The van der Waals surface area contributed by atoms with Gasteiger partial charge < -0.3 is 5.32 Å². The van der Waals surface area contributed by atoms with E-state index in [4.69, 9.17) is 0 Å². The third-order valence-corrected chi connectivity index (χ3v) is 6.55. The Morgan fingerprint density at radius 2 is 1.79 bits per heavy atom. The van der Waals surface area contributed by atoms with Gasteiger partial charge in [-0.3, -0.25) is 19.3 Å². The summed E-state index contributed by atoms with van der Waals surface area (Å²) in [6.45, 7) is 8.46. The van der Waals surface area contributed by atoms with Gasteiger partial charge in [0.05, 0.1) is 29.1 Å². The van der Waals surface area contributed by atoms with Crippen LogP contribution < -0.4 is 5.32 Å². The van der Waals surface area contributed by atoms with Crippen molar-refractivity contribution in [3.05, 3.63) is 28.2 Å². The van der Waals surface area contributed by atoms with Crippen molar-refractivity contribution in [2.75, 3.05) is 0 Å². The highest BCUT2D eigenvalue weighted by atomic mass is 32.1. The predicted molar refractivity (Wildman–Crippen MR) is 108 cm³/mol. The second-order valence-corrected chi connectivity index (χ2v) is 9.29. The van der Waals surface area contributed by atoms with Gasteiger partial charge in [0.2, 0.25) is 17.7 Å². The average Bonchev–Trinajstić information content (AvgIpc) is 3.22. The van der Waals surface area contributed by atoms with E-state index in [0.717, 1.165) is 10.7 Å². The lowest BCUT2D eigenvalue weighted by Crippen LogP contribution is -2.50. The summed E-state index contributed by atoms with van der Waals surface area (Å²) in [5, 5.41) is 5.88. The second-order valence-electron chi connectivity index (χ2n) is 8.40. The Morgan fingerprint density at radius 1 is 1.18 bits per heavy atom. The molecule has 2 heterocycles. The molecular formula is C21H29N3O3S. The molecular weight excluding hydrogens is 374 g/mol. The minimum Gasteiger partial charge on any atom is -0.349 e. The number of fused-ring (bicyclic) bond motifs is 1. The van der Waals surface area contributed by atoms with Gasteiger partial charge in [0.15, 0.2) is 0 Å². The SMILES string of the molecule is CC(C)CC(C(=O)NCc1csc(C(C)C)n1)N1C(=O)C2CC=CCC2C1=O. The molecule has 1 aliphatic carbocycles. The number of carbonyl (C=O) groups excluding carboxylic acids is 3. The number of thiazole rings is 1. The first-order valence-electron chi connectivity index (χ1n) is 10.0. The van der Waals surface area contributed by atoms with E-state index in [2.05, 4.69) is 24.1 Å². The maximum absolute atomic E-state index is 13.0. The van der Waals surface area contributed by atoms with Crippen LogP contribution in [0, 0.1) is 17.8 Å². The summed E-state index contributed by atoms with van der Waals surface area (Å²) in [6, 6.07) is -0.756. The van der Waals surface area contributed by atoms with Gasteiger partial charge >= 0.3 is 0 Å². The van der Waals surface area contributed by atoms with Crippen LogP contribution in [-0.2, 0) is 20.9 Å². The van der Waals surface area contributed by atoms with Crippen molar-refractivity contribution in [1.82, 2.24) is 15.2 Å². The van der Waals surface area contributed by atoms with Gasteiger partial charge in [0.25, 0.3) is 0 Å². The molecule has 0 aromatic carbocycles. The topological polar surface area (TPSA) is 79.4 Å². The van der Waals surface area contributed by atoms with Gasteiger partial charge in [-0.15, -0.1) is 11.3 Å². The van der Waals surface area contributed by atoms with Crippen LogP contribution in [0.15, 0.2) is 17.5 Å². The molecule has 3 rings (SSSR count). The molecule has 3 atom stereocenters. The van der Waals surface area contributed by atoms with Crippen molar-refractivity contribution < 1.29 is 14.4 Å². The number of amides is 3. The summed E-state index contributed by atoms with van der Waals surface area (Å²) in [4.78, 5) is 44.6. The van der Waals surface area contributed by atoms with Gasteiger partial charge in [-0.25, -0.2) is 4.98 Å². The zero-order valence-corrected chi connectivity index (χ0v) is 17.8. The Hall–Kier alpha value is -2.02. The highest BCUT2D eigenvalue weighted by Crippen LogP contribution is 2.37. The van der Waals surface area contributed by atoms with E-state index in [9.17, 15) is 14.4 Å². The van der Waals surface area contributed by atoms with Crippen molar-refractivity contribution in [2.24, 2.45) is 17.8 Å². The fraction of sp³-hybridized carbons (Fsp3) is 0.619. The summed E-state index contributed by atoms with van der Waals surface area (Å²) in [5.74, 6) is -0.768. The molecule has 152 valence electrons. The standard InChI is InChI=1S/C21H29N3O3S/c1-12(2)9-17(18(25)22-10-14-11-28-19(23-14)13(3)4)24-20(26)15-7-5-6-8-16(15)21(24)27/h5-6,11-13,15-17H,7-10H2,1-4H3,(H,22,25). The van der Waals surface area contributed by atoms with Crippen LogP contribution in [0.1, 0.15) is 63.6 Å². The number of imide groups is 1. The number of hydrogen-bond donors (Lipinski definition) is 1. The molecule has 1 aromatic rings. The maximum Gasteiger partial charge on any atom is 0.243 e. The van der Waals surface area contributed by atoms with Crippen LogP contribution in [0.25, 0.3) is 0 Å². The number of hydrogen-bond acceptors (Lipinski definition) is 5. The molecule has 2 aliphatic rings. The minimum absolute atomic E-state index is 0.184. The largest absolute Gasteiger partial charge is 0.349 e. The molecule has 1 aliphatic heterocycles. The number of likely N-dealkylation sites (tertiary alicyclic amines) is 1. The Bertz CT molecular complexity index is 758. The first-order chi connectivity index (χ1) is 13.3. The molecule has 0 saturated carbocycles. The smallest absolute Gasteiger partial charge is 0.243 e. The summed E-state index contributed by atoms with van der Waals surface area (Å²) in [5.41, 5.74) is 0.808. The van der Waals surface area contributed by atoms with Crippen LogP contribution in [0.5, 0.6) is 0 Å². The molecule has 0 radical (unpaired) electrons. The molecule has 0 bridgehead atoms. The lowest BCUT2D eigenvalue weighted by Gasteiger charge is -2.27. The average molecular weight is 404 g/mol. The Morgan fingerprint density at radius 3 is 2.29 bits per heavy atom. The van der Waals surface area contributed by atoms with Crippen LogP contribution >= 0.6 is 11.3 Å². The Labute approximate surface area is 170 Å². The molecule has 6 nitrogen and oxygen atoms in total. The number of nitrogens with one attached hydrogen (secondary N) is 1. The summed E-state index contributed by atoms with van der Waals surface area (Å²) in [6.07, 6.45) is 5.55. The van der Waals surface area contributed by atoms with Crippen LogP contribution in [-0.4, -0.2) is 33.6 Å². The monoisotopic (exact) mass is 403 g/mol. The van der Waals surface area contributed by atoms with E-state index in [-0.39, 0.29) is 35.5 Å². The highest BCUT2D eigenvalue weighted by molar-refractivity contribution is 7.09. The van der Waals surface area contributed by atoms with Crippen LogP contribution in [0.3, 0.4) is 0 Å². The number of carbonyl (C=O) groups is 3. The minimum atomic E-state index is -0.756. The van der Waals surface area contributed by atoms with E-state index < -0.39 is 6.04 Å². The first-order valence-corrected chi connectivity index (χ1v) is 10.9. The number of nitrogens with zero attached hydrogens (tertiary/aromatic N) is 2. The quantitative estimate of drug-likeness (QED) is 0.560. The number of allylic oxidation sites excluding steroid dienone is 2. The highest BCUT2D eigenvalue weighted by Gasteiger charge is 2.51. The van der Waals surface area contributed by atoms with Crippen molar-refractivity contribution in [3.8, 4) is 0 Å². The summed E-state index contributed by atoms with van der Waals surface area (Å²) >= 11 is 1.58. The van der Waals surface area contributed by atoms with Gasteiger partial charge in [0.1, 0.15) is 6.04 Å². The molecule has 3 unspecified atom stereocenters. The first kappa shape index (κ1) is 20.7. The predicted octanol–water partition coefficient (Wildman–Crippen LogP) is 3.25. The Kier molecular flexibility index (Phi) is 6.33. The van der Waals surface area contributed by atoms with Crippen LogP contribution in [0.4, 0.5) is 0 Å². The molecule has 7 heteroatoms. The molecule has 1 saturated heterocycles. The van der Waals surface area contributed by atoms with Gasteiger partial charge in [-0.2, -0.15) is 0 Å². The molecule has 1 aromatic heterocycles. The third kappa shape index (κ3) is 4.19. The number of rotatable bonds is 7. The van der Waals surface area contributed by atoms with Crippen molar-refractivity contribution >= 4 is 29.1 Å². The normalized spacial score (nSPS) is 22.9. The van der Waals surface area contributed by atoms with Gasteiger partial charge in [-0.05, 0) is 25.2 Å². The fourth-order valence-electron chi connectivity index (χ4n) is 3.87. The zero-order chi connectivity index (χ0) is 20.4. The van der Waals surface area contributed by atoms with Crippen molar-refractivity contribution in [1.29, 1.82) is 0 Å². The lowest BCUT2D eigenvalue weighted by molar-refractivity contribution is -0.148. The number of aromatic nitrogens is 1. The van der Waals surface area contributed by atoms with Crippen molar-refractivity contribution in [2.45, 2.75) is 65.5 Å². The maximum atomic E-state index is 13.0. The third-order valence-electron chi connectivity index (χ3n) is 5.36. The van der Waals surface area contributed by atoms with E-state index in [0.29, 0.717) is 31.7 Å². The van der Waals surface area contributed by atoms with E-state index >= 15 is 0 Å². The van der Waals surface area contributed by atoms with E-state index in [1.165, 1.54) is 4.90 Å². The fourth-order valence-corrected chi connectivity index (χ4v) is 4.71. The Balaban J connectivity index is 1.73. The van der Waals surface area contributed by atoms with E-state index in [1.807, 2.05) is 31.4 Å². The lowest BCUT2D eigenvalue weighted by atomic mass is 9.85. The van der Waals surface area contributed by atoms with Crippen molar-refractivity contribution in [3.63, 3.8) is 0 Å². The van der Waals surface area contributed by atoms with E-state index in [1.54, 1.807) is 11.3 Å². The van der Waals surface area contributed by atoms with Gasteiger partial charge in [-0.1, -0.05) is 39.8 Å². The molecule has 1 N–H and O–H groups in total. The molecule has 1 fully saturated rings. The molecule has 0 spiro atoms. The summed E-state index contributed by atoms with van der Waals surface area (Å²) < 4.78 is 0. The van der Waals surface area contributed by atoms with Gasteiger partial charge in [0, 0.05) is 11.3 Å². The molecule has 3 amide bonds. The second kappa shape index (κ2) is 8.55. The zero-order valence-electron chi connectivity index (χ0n) is 17.0.